The molecule has 0 bridgehead atoms. The number of benzene rings is 1. The molecule has 1 aliphatic rings. The molecule has 3 aromatic rings. The first-order chi connectivity index (χ1) is 15.2. The summed E-state index contributed by atoms with van der Waals surface area (Å²) in [5.74, 6) is 0.780. The Kier molecular flexibility index (Phi) is 7.17. The number of rotatable bonds is 11. The van der Waals surface area contributed by atoms with Gasteiger partial charge in [0.05, 0.1) is 19.4 Å². The Balaban J connectivity index is 1.32. The fraction of sp³-hybridized carbons (Fsp3) is 0.333. The van der Waals surface area contributed by atoms with Crippen LogP contribution in [0.3, 0.4) is 0 Å². The minimum Gasteiger partial charge on any atom is -0.468 e. The van der Waals surface area contributed by atoms with Crippen molar-refractivity contribution in [2.24, 2.45) is 0 Å². The quantitative estimate of drug-likeness (QED) is 0.481. The van der Waals surface area contributed by atoms with E-state index in [9.17, 15) is 9.59 Å². The van der Waals surface area contributed by atoms with Gasteiger partial charge in [0.2, 0.25) is 5.91 Å². The molecule has 0 aliphatic heterocycles. The molecule has 1 aromatic carbocycles. The van der Waals surface area contributed by atoms with E-state index >= 15 is 0 Å². The summed E-state index contributed by atoms with van der Waals surface area (Å²) in [6, 6.07) is 15.8. The Morgan fingerprint density at radius 1 is 1.06 bits per heavy atom. The summed E-state index contributed by atoms with van der Waals surface area (Å²) in [5.41, 5.74) is 1.71. The lowest BCUT2D eigenvalue weighted by Gasteiger charge is -2.21. The maximum absolute atomic E-state index is 12.5. The number of amides is 2. The summed E-state index contributed by atoms with van der Waals surface area (Å²) in [4.78, 5) is 28.0. The number of nitrogens with one attached hydrogen (secondary N) is 2. The van der Waals surface area contributed by atoms with Crippen LogP contribution in [-0.4, -0.2) is 35.8 Å². The molecule has 1 saturated carbocycles. The van der Waals surface area contributed by atoms with Gasteiger partial charge in [-0.15, -0.1) is 11.3 Å². The molecular formula is C24H27N3O3S. The van der Waals surface area contributed by atoms with Crippen LogP contribution in [0.4, 0.5) is 0 Å². The minimum absolute atomic E-state index is 0.0106. The molecule has 2 aromatic heterocycles. The Morgan fingerprint density at radius 2 is 1.90 bits per heavy atom. The van der Waals surface area contributed by atoms with Crippen LogP contribution in [0, 0.1) is 0 Å². The third-order valence-electron chi connectivity index (χ3n) is 5.14. The lowest BCUT2D eigenvalue weighted by Crippen LogP contribution is -2.37. The number of thiophene rings is 1. The van der Waals surface area contributed by atoms with Gasteiger partial charge in [-0.25, -0.2) is 0 Å². The maximum atomic E-state index is 12.5. The lowest BCUT2D eigenvalue weighted by atomic mass is 10.1. The molecule has 1 fully saturated rings. The predicted molar refractivity (Wildman–Crippen MR) is 121 cm³/mol. The highest BCUT2D eigenvalue weighted by Gasteiger charge is 2.23. The monoisotopic (exact) mass is 437 g/mol. The number of hydrogen-bond donors (Lipinski definition) is 2. The number of nitrogens with zero attached hydrogens (tertiary/aromatic N) is 1. The third-order valence-corrected chi connectivity index (χ3v) is 6.07. The second kappa shape index (κ2) is 10.4. The van der Waals surface area contributed by atoms with Crippen LogP contribution >= 0.6 is 11.3 Å². The van der Waals surface area contributed by atoms with Crippen molar-refractivity contribution in [1.29, 1.82) is 0 Å². The summed E-state index contributed by atoms with van der Waals surface area (Å²) in [6.45, 7) is 2.02. The molecule has 31 heavy (non-hydrogen) atoms. The zero-order valence-electron chi connectivity index (χ0n) is 17.4. The summed E-state index contributed by atoms with van der Waals surface area (Å²) in [7, 11) is 0. The van der Waals surface area contributed by atoms with E-state index in [0.717, 1.165) is 30.6 Å². The van der Waals surface area contributed by atoms with Crippen LogP contribution in [-0.2, 0) is 24.3 Å². The summed E-state index contributed by atoms with van der Waals surface area (Å²) in [6.07, 6.45) is 4.62. The van der Waals surface area contributed by atoms with Gasteiger partial charge in [0, 0.05) is 29.6 Å². The van der Waals surface area contributed by atoms with Crippen molar-refractivity contribution in [2.45, 2.75) is 38.4 Å². The molecule has 4 rings (SSSR count). The molecule has 6 nitrogen and oxygen atoms in total. The van der Waals surface area contributed by atoms with Gasteiger partial charge < -0.3 is 15.1 Å². The number of carbonyl (C=O) groups excluding carboxylic acids is 2. The second-order valence-electron chi connectivity index (χ2n) is 7.85. The Labute approximate surface area is 186 Å². The van der Waals surface area contributed by atoms with Crippen LogP contribution in [0.15, 0.2) is 64.6 Å². The summed E-state index contributed by atoms with van der Waals surface area (Å²) in [5, 5.41) is 8.05. The van der Waals surface area contributed by atoms with Crippen molar-refractivity contribution < 1.29 is 14.0 Å². The molecular weight excluding hydrogens is 410 g/mol. The van der Waals surface area contributed by atoms with Crippen molar-refractivity contribution in [2.75, 3.05) is 13.1 Å². The molecule has 1 aliphatic carbocycles. The first-order valence-corrected chi connectivity index (χ1v) is 11.5. The predicted octanol–water partition coefficient (Wildman–Crippen LogP) is 3.59. The average molecular weight is 438 g/mol. The Hall–Kier alpha value is -2.90. The van der Waals surface area contributed by atoms with E-state index in [-0.39, 0.29) is 18.4 Å². The second-order valence-corrected chi connectivity index (χ2v) is 8.88. The van der Waals surface area contributed by atoms with Gasteiger partial charge in [0.1, 0.15) is 5.76 Å². The van der Waals surface area contributed by atoms with Gasteiger partial charge in [-0.2, -0.15) is 0 Å². The fourth-order valence-corrected chi connectivity index (χ4v) is 4.05. The standard InChI is InChI=1S/C24H27N3O3S/c28-23(25-12-11-22-4-2-14-31-22)17-27(16-21-3-1-13-30-21)15-18-5-7-19(8-6-18)24(29)26-20-9-10-20/h1-8,13-14,20H,9-12,15-17H2,(H,25,28)(H,26,29). The van der Waals surface area contributed by atoms with E-state index < -0.39 is 0 Å². The first kappa shape index (κ1) is 21.3. The van der Waals surface area contributed by atoms with Crippen molar-refractivity contribution >= 4 is 23.2 Å². The van der Waals surface area contributed by atoms with Crippen molar-refractivity contribution in [3.8, 4) is 0 Å². The van der Waals surface area contributed by atoms with Crippen LogP contribution in [0.5, 0.6) is 0 Å². The largest absolute Gasteiger partial charge is 0.468 e. The van der Waals surface area contributed by atoms with Gasteiger partial charge in [-0.3, -0.25) is 14.5 Å². The molecule has 0 saturated heterocycles. The van der Waals surface area contributed by atoms with E-state index in [1.165, 1.54) is 4.88 Å². The fourth-order valence-electron chi connectivity index (χ4n) is 3.35. The molecule has 0 spiro atoms. The Morgan fingerprint density at radius 3 is 2.58 bits per heavy atom. The van der Waals surface area contributed by atoms with Gasteiger partial charge in [0.15, 0.2) is 0 Å². The number of furan rings is 1. The zero-order valence-corrected chi connectivity index (χ0v) is 18.2. The highest BCUT2D eigenvalue weighted by molar-refractivity contribution is 7.09. The summed E-state index contributed by atoms with van der Waals surface area (Å²) >= 11 is 1.70. The molecule has 0 radical (unpaired) electrons. The molecule has 7 heteroatoms. The number of carbonyl (C=O) groups is 2. The minimum atomic E-state index is -0.0217. The molecule has 162 valence electrons. The first-order valence-electron chi connectivity index (χ1n) is 10.6. The van der Waals surface area contributed by atoms with E-state index in [1.807, 2.05) is 52.7 Å². The van der Waals surface area contributed by atoms with Gasteiger partial charge >= 0.3 is 0 Å². The van der Waals surface area contributed by atoms with Crippen molar-refractivity contribution in [3.63, 3.8) is 0 Å². The van der Waals surface area contributed by atoms with Gasteiger partial charge in [-0.05, 0) is 60.5 Å². The van der Waals surface area contributed by atoms with Gasteiger partial charge in [0.25, 0.3) is 5.91 Å². The average Bonchev–Trinajstić information content (AvgIpc) is 3.18. The zero-order chi connectivity index (χ0) is 21.5. The van der Waals surface area contributed by atoms with E-state index in [2.05, 4.69) is 16.7 Å². The van der Waals surface area contributed by atoms with E-state index in [1.54, 1.807) is 17.6 Å². The maximum Gasteiger partial charge on any atom is 0.251 e. The highest BCUT2D eigenvalue weighted by Crippen LogP contribution is 2.19. The highest BCUT2D eigenvalue weighted by atomic mass is 32.1. The van der Waals surface area contributed by atoms with E-state index in [4.69, 9.17) is 4.42 Å². The molecule has 2 heterocycles. The lowest BCUT2D eigenvalue weighted by molar-refractivity contribution is -0.122. The van der Waals surface area contributed by atoms with Crippen LogP contribution in [0.2, 0.25) is 0 Å². The van der Waals surface area contributed by atoms with Crippen molar-refractivity contribution in [1.82, 2.24) is 15.5 Å². The van der Waals surface area contributed by atoms with Crippen LogP contribution in [0.25, 0.3) is 0 Å². The van der Waals surface area contributed by atoms with Gasteiger partial charge in [-0.1, -0.05) is 18.2 Å². The number of hydrogen-bond acceptors (Lipinski definition) is 5. The molecule has 0 unspecified atom stereocenters. The topological polar surface area (TPSA) is 74.6 Å². The van der Waals surface area contributed by atoms with Crippen LogP contribution < -0.4 is 10.6 Å². The van der Waals surface area contributed by atoms with Crippen molar-refractivity contribution in [3.05, 3.63) is 81.9 Å². The molecule has 2 N–H and O–H groups in total. The Bertz CT molecular complexity index is 964. The normalized spacial score (nSPS) is 13.3. The summed E-state index contributed by atoms with van der Waals surface area (Å²) < 4.78 is 5.48. The SMILES string of the molecule is O=C(CN(Cc1ccc(C(=O)NC2CC2)cc1)Cc1ccco1)NCCc1cccs1. The smallest absolute Gasteiger partial charge is 0.251 e. The molecule has 2 amide bonds. The third kappa shape index (κ3) is 6.80. The molecule has 0 atom stereocenters. The van der Waals surface area contributed by atoms with E-state index in [0.29, 0.717) is 31.2 Å². The van der Waals surface area contributed by atoms with Crippen LogP contribution in [0.1, 0.15) is 39.4 Å².